The largest absolute Gasteiger partial charge is 0.423 e. The lowest BCUT2D eigenvalue weighted by atomic mass is 9.91. The quantitative estimate of drug-likeness (QED) is 0.418. The number of carbonyl (C=O) groups is 2. The van der Waals surface area contributed by atoms with Crippen LogP contribution < -0.4 is 0 Å². The summed E-state index contributed by atoms with van der Waals surface area (Å²) in [6.07, 6.45) is 0. The molecular weight excluding hydrogens is 370 g/mol. The van der Waals surface area contributed by atoms with E-state index in [1.54, 1.807) is 13.8 Å². The van der Waals surface area contributed by atoms with Gasteiger partial charge in [0.25, 0.3) is 5.91 Å². The van der Waals surface area contributed by atoms with Crippen LogP contribution in [-0.2, 0) is 23.9 Å². The van der Waals surface area contributed by atoms with E-state index in [2.05, 4.69) is 6.58 Å². The lowest BCUT2D eigenvalue weighted by Gasteiger charge is -2.31. The van der Waals surface area contributed by atoms with E-state index < -0.39 is 17.4 Å². The zero-order chi connectivity index (χ0) is 20.5. The van der Waals surface area contributed by atoms with Gasteiger partial charge in [-0.15, -0.1) is 0 Å². The Morgan fingerprint density at radius 1 is 1.22 bits per heavy atom. The van der Waals surface area contributed by atoms with E-state index in [4.69, 9.17) is 25.9 Å². The van der Waals surface area contributed by atoms with Crippen molar-refractivity contribution < 1.29 is 23.9 Å². The average Bonchev–Trinajstić information content (AvgIpc) is 2.72. The molecule has 146 valence electrons. The molecule has 7 heteroatoms. The SMILES string of the molecule is C=C(Cl)C(=O)OC1=C(c2c(C)cc(C)cc2C)C(=O)N(OCOC)C1(C)C. The molecule has 1 aromatic carbocycles. The van der Waals surface area contributed by atoms with Crippen LogP contribution in [0.3, 0.4) is 0 Å². The molecule has 1 aliphatic rings. The number of methoxy groups -OCH3 is 1. The fourth-order valence-corrected chi connectivity index (χ4v) is 3.33. The topological polar surface area (TPSA) is 65.1 Å². The van der Waals surface area contributed by atoms with Gasteiger partial charge in [-0.25, -0.2) is 14.7 Å². The van der Waals surface area contributed by atoms with Crippen LogP contribution in [-0.4, -0.2) is 36.4 Å². The highest BCUT2D eigenvalue weighted by molar-refractivity contribution is 6.41. The van der Waals surface area contributed by atoms with Gasteiger partial charge in [0.1, 0.15) is 16.3 Å². The first-order valence-electron chi connectivity index (χ1n) is 8.38. The Balaban J connectivity index is 2.71. The van der Waals surface area contributed by atoms with Crippen LogP contribution in [0.5, 0.6) is 0 Å². The van der Waals surface area contributed by atoms with Gasteiger partial charge in [-0.3, -0.25) is 4.79 Å². The normalized spacial score (nSPS) is 16.1. The van der Waals surface area contributed by atoms with Gasteiger partial charge in [-0.2, -0.15) is 0 Å². The zero-order valence-corrected chi connectivity index (χ0v) is 17.2. The maximum Gasteiger partial charge on any atom is 0.354 e. The molecule has 6 nitrogen and oxygen atoms in total. The van der Waals surface area contributed by atoms with E-state index in [0.717, 1.165) is 21.8 Å². The van der Waals surface area contributed by atoms with E-state index in [1.807, 2.05) is 32.9 Å². The molecule has 0 spiro atoms. The molecule has 0 fully saturated rings. The van der Waals surface area contributed by atoms with E-state index in [9.17, 15) is 9.59 Å². The Hall–Kier alpha value is -2.15. The Kier molecular flexibility index (Phi) is 6.14. The number of esters is 1. The van der Waals surface area contributed by atoms with Crippen LogP contribution in [0.15, 0.2) is 29.5 Å². The molecule has 0 N–H and O–H groups in total. The number of ether oxygens (including phenoxy) is 2. The number of nitrogens with zero attached hydrogens (tertiary/aromatic N) is 1. The predicted molar refractivity (Wildman–Crippen MR) is 103 cm³/mol. The first-order chi connectivity index (χ1) is 12.5. The number of halogens is 1. The van der Waals surface area contributed by atoms with Crippen LogP contribution in [0.25, 0.3) is 5.57 Å². The summed E-state index contributed by atoms with van der Waals surface area (Å²) in [6.45, 7) is 12.5. The van der Waals surface area contributed by atoms with Crippen LogP contribution >= 0.6 is 11.6 Å². The van der Waals surface area contributed by atoms with Crippen molar-refractivity contribution in [2.24, 2.45) is 0 Å². The van der Waals surface area contributed by atoms with Crippen LogP contribution in [0.1, 0.15) is 36.1 Å². The van der Waals surface area contributed by atoms with E-state index in [0.29, 0.717) is 5.56 Å². The minimum atomic E-state index is -1.06. The number of hydroxylamine groups is 2. The van der Waals surface area contributed by atoms with Crippen molar-refractivity contribution in [3.05, 3.63) is 51.8 Å². The molecule has 0 aromatic heterocycles. The molecule has 1 aromatic rings. The second-order valence-electron chi connectivity index (χ2n) is 6.97. The molecule has 0 saturated heterocycles. The molecule has 0 unspecified atom stereocenters. The minimum Gasteiger partial charge on any atom is -0.423 e. The summed E-state index contributed by atoms with van der Waals surface area (Å²) in [4.78, 5) is 30.8. The number of carbonyl (C=O) groups excluding carboxylic acids is 2. The van der Waals surface area contributed by atoms with Gasteiger partial charge >= 0.3 is 5.97 Å². The van der Waals surface area contributed by atoms with Gasteiger partial charge in [0.05, 0.1) is 5.57 Å². The number of amides is 1. The number of rotatable bonds is 6. The maximum atomic E-state index is 13.2. The summed E-state index contributed by atoms with van der Waals surface area (Å²) in [6, 6.07) is 3.93. The van der Waals surface area contributed by atoms with Gasteiger partial charge in [0, 0.05) is 7.11 Å². The summed E-state index contributed by atoms with van der Waals surface area (Å²) in [7, 11) is 1.45. The van der Waals surface area contributed by atoms with Gasteiger partial charge in [0.15, 0.2) is 6.79 Å². The fourth-order valence-electron chi connectivity index (χ4n) is 3.29. The molecule has 0 saturated carbocycles. The Morgan fingerprint density at radius 2 is 1.78 bits per heavy atom. The van der Waals surface area contributed by atoms with Gasteiger partial charge in [0.2, 0.25) is 0 Å². The lowest BCUT2D eigenvalue weighted by Crippen LogP contribution is -2.44. The third kappa shape index (κ3) is 3.93. The van der Waals surface area contributed by atoms with Crippen molar-refractivity contribution in [2.45, 2.75) is 40.2 Å². The third-order valence-corrected chi connectivity index (χ3v) is 4.49. The van der Waals surface area contributed by atoms with E-state index >= 15 is 0 Å². The molecule has 27 heavy (non-hydrogen) atoms. The Morgan fingerprint density at radius 3 is 2.26 bits per heavy atom. The molecule has 0 bridgehead atoms. The van der Waals surface area contributed by atoms with Crippen molar-refractivity contribution in [1.29, 1.82) is 0 Å². The smallest absolute Gasteiger partial charge is 0.354 e. The lowest BCUT2D eigenvalue weighted by molar-refractivity contribution is -0.239. The number of hydrogen-bond donors (Lipinski definition) is 0. The van der Waals surface area contributed by atoms with Crippen molar-refractivity contribution in [1.82, 2.24) is 5.06 Å². The summed E-state index contributed by atoms with van der Waals surface area (Å²) in [5, 5.41) is 0.878. The second kappa shape index (κ2) is 7.84. The highest BCUT2D eigenvalue weighted by atomic mass is 35.5. The van der Waals surface area contributed by atoms with Gasteiger partial charge in [-0.1, -0.05) is 35.9 Å². The molecule has 1 amide bonds. The zero-order valence-electron chi connectivity index (χ0n) is 16.4. The van der Waals surface area contributed by atoms with Crippen molar-refractivity contribution in [3.63, 3.8) is 0 Å². The molecule has 2 rings (SSSR count). The van der Waals surface area contributed by atoms with Gasteiger partial charge < -0.3 is 9.47 Å². The van der Waals surface area contributed by atoms with Crippen molar-refractivity contribution in [2.75, 3.05) is 13.9 Å². The Labute approximate surface area is 164 Å². The molecule has 1 heterocycles. The number of benzene rings is 1. The van der Waals surface area contributed by atoms with Crippen molar-refractivity contribution in [3.8, 4) is 0 Å². The maximum absolute atomic E-state index is 13.2. The predicted octanol–water partition coefficient (Wildman–Crippen LogP) is 3.77. The van der Waals surface area contributed by atoms with E-state index in [-0.39, 0.29) is 23.2 Å². The van der Waals surface area contributed by atoms with Crippen LogP contribution in [0, 0.1) is 20.8 Å². The second-order valence-corrected chi connectivity index (χ2v) is 7.42. The highest BCUT2D eigenvalue weighted by Gasteiger charge is 2.50. The van der Waals surface area contributed by atoms with Crippen molar-refractivity contribution >= 4 is 29.1 Å². The monoisotopic (exact) mass is 393 g/mol. The number of hydrogen-bond acceptors (Lipinski definition) is 5. The summed E-state index contributed by atoms with van der Waals surface area (Å²) >= 11 is 5.69. The summed E-state index contributed by atoms with van der Waals surface area (Å²) in [5.74, 6) is -1.08. The first-order valence-corrected chi connectivity index (χ1v) is 8.76. The Bertz CT molecular complexity index is 818. The molecule has 0 atom stereocenters. The summed E-state index contributed by atoms with van der Waals surface area (Å²) < 4.78 is 10.4. The molecule has 1 aliphatic heterocycles. The number of aryl methyl sites for hydroxylation is 3. The van der Waals surface area contributed by atoms with Crippen LogP contribution in [0.4, 0.5) is 0 Å². The third-order valence-electron chi connectivity index (χ3n) is 4.33. The molecule has 0 aliphatic carbocycles. The average molecular weight is 394 g/mol. The fraction of sp³-hybridized carbons (Fsp3) is 0.400. The van der Waals surface area contributed by atoms with E-state index in [1.165, 1.54) is 7.11 Å². The van der Waals surface area contributed by atoms with Crippen LogP contribution in [0.2, 0.25) is 0 Å². The minimum absolute atomic E-state index is 0.127. The highest BCUT2D eigenvalue weighted by Crippen LogP contribution is 2.43. The summed E-state index contributed by atoms with van der Waals surface area (Å²) in [5.41, 5.74) is 2.75. The molecular formula is C20H24ClNO5. The van der Waals surface area contributed by atoms with Gasteiger partial charge in [-0.05, 0) is 51.3 Å². The standard InChI is InChI=1S/C20H24ClNO5/c1-11-8-12(2)15(13(3)9-11)16-17(27-19(24)14(4)21)20(5,6)22(18(16)23)26-10-25-7/h8-9H,4,10H2,1-3,5-7H3. The molecule has 0 radical (unpaired) electrons. The first kappa shape index (κ1) is 21.2.